The number of carbonyl (C=O) groups excluding carboxylic acids is 1. The van der Waals surface area contributed by atoms with Gasteiger partial charge in [0, 0.05) is 17.5 Å². The highest BCUT2D eigenvalue weighted by molar-refractivity contribution is 7.18. The first kappa shape index (κ1) is 16.0. The summed E-state index contributed by atoms with van der Waals surface area (Å²) in [6, 6.07) is 7.31. The topological polar surface area (TPSA) is 64.1 Å². The van der Waals surface area contributed by atoms with Gasteiger partial charge in [-0.15, -0.1) is 11.3 Å². The van der Waals surface area contributed by atoms with Gasteiger partial charge in [-0.2, -0.15) is 0 Å². The third kappa shape index (κ3) is 3.22. The van der Waals surface area contributed by atoms with E-state index in [0.29, 0.717) is 11.6 Å². The molecule has 2 aromatic heterocycles. The van der Waals surface area contributed by atoms with Gasteiger partial charge in [0.05, 0.1) is 5.39 Å². The van der Waals surface area contributed by atoms with Crippen molar-refractivity contribution < 1.29 is 9.53 Å². The van der Waals surface area contributed by atoms with Crippen LogP contribution in [0.1, 0.15) is 30.7 Å². The normalized spacial score (nSPS) is 16.5. The molecule has 1 aliphatic carbocycles. The molecule has 6 heteroatoms. The fraction of sp³-hybridized carbons (Fsp3) is 0.316. The summed E-state index contributed by atoms with van der Waals surface area (Å²) >= 11 is 1.76. The molecule has 4 rings (SSSR count). The van der Waals surface area contributed by atoms with E-state index in [-0.39, 0.29) is 5.91 Å². The summed E-state index contributed by atoms with van der Waals surface area (Å²) in [5.74, 6) is 1.94. The van der Waals surface area contributed by atoms with Crippen LogP contribution in [0.25, 0.3) is 10.2 Å². The Kier molecular flexibility index (Phi) is 4.13. The first-order chi connectivity index (χ1) is 12.1. The van der Waals surface area contributed by atoms with Crippen molar-refractivity contribution in [3.63, 3.8) is 0 Å². The van der Waals surface area contributed by atoms with E-state index in [9.17, 15) is 4.79 Å². The van der Waals surface area contributed by atoms with Crippen LogP contribution in [0.2, 0.25) is 0 Å². The molecular formula is C19H19N3O2S. The molecule has 0 fully saturated rings. The molecule has 0 radical (unpaired) electrons. The predicted molar refractivity (Wildman–Crippen MR) is 99.4 cm³/mol. The highest BCUT2D eigenvalue weighted by atomic mass is 32.1. The van der Waals surface area contributed by atoms with E-state index in [2.05, 4.69) is 22.2 Å². The van der Waals surface area contributed by atoms with E-state index < -0.39 is 0 Å². The van der Waals surface area contributed by atoms with E-state index >= 15 is 0 Å². The molecule has 1 N–H and O–H groups in total. The number of carbonyl (C=O) groups is 1. The van der Waals surface area contributed by atoms with Gasteiger partial charge < -0.3 is 10.1 Å². The quantitative estimate of drug-likeness (QED) is 0.749. The Morgan fingerprint density at radius 2 is 2.08 bits per heavy atom. The van der Waals surface area contributed by atoms with Gasteiger partial charge in [-0.25, -0.2) is 9.97 Å². The summed E-state index contributed by atoms with van der Waals surface area (Å²) in [5.41, 5.74) is 2.10. The lowest BCUT2D eigenvalue weighted by atomic mass is 9.89. The number of fused-ring (bicyclic) bond motifs is 3. The Balaban J connectivity index is 1.66. The van der Waals surface area contributed by atoms with Crippen LogP contribution >= 0.6 is 11.3 Å². The zero-order valence-electron chi connectivity index (χ0n) is 14.2. The Morgan fingerprint density at radius 3 is 2.84 bits per heavy atom. The lowest BCUT2D eigenvalue weighted by Crippen LogP contribution is -2.08. The Morgan fingerprint density at radius 1 is 1.28 bits per heavy atom. The number of rotatable bonds is 3. The van der Waals surface area contributed by atoms with Gasteiger partial charge in [0.2, 0.25) is 11.8 Å². The summed E-state index contributed by atoms with van der Waals surface area (Å²) in [5, 5.41) is 3.80. The third-order valence-electron chi connectivity index (χ3n) is 4.45. The predicted octanol–water partition coefficient (Wildman–Crippen LogP) is 4.57. The number of hydrogen-bond acceptors (Lipinski definition) is 5. The second kappa shape index (κ2) is 6.44. The molecule has 25 heavy (non-hydrogen) atoms. The number of aryl methyl sites for hydroxylation is 1. The first-order valence-corrected chi connectivity index (χ1v) is 9.22. The number of nitrogens with zero attached hydrogens (tertiary/aromatic N) is 2. The molecule has 0 saturated heterocycles. The van der Waals surface area contributed by atoms with Crippen molar-refractivity contribution in [1.82, 2.24) is 9.97 Å². The molecule has 0 bridgehead atoms. The van der Waals surface area contributed by atoms with Gasteiger partial charge >= 0.3 is 0 Å². The molecular weight excluding hydrogens is 334 g/mol. The Labute approximate surface area is 150 Å². The summed E-state index contributed by atoms with van der Waals surface area (Å²) in [4.78, 5) is 22.3. The van der Waals surface area contributed by atoms with Crippen LogP contribution in [-0.2, 0) is 17.6 Å². The van der Waals surface area contributed by atoms with Crippen molar-refractivity contribution in [2.75, 3.05) is 5.32 Å². The van der Waals surface area contributed by atoms with Crippen molar-refractivity contribution in [3.05, 3.63) is 41.0 Å². The lowest BCUT2D eigenvalue weighted by molar-refractivity contribution is -0.114. The van der Waals surface area contributed by atoms with Crippen LogP contribution in [0.3, 0.4) is 0 Å². The van der Waals surface area contributed by atoms with E-state index in [1.54, 1.807) is 17.7 Å². The first-order valence-electron chi connectivity index (χ1n) is 8.41. The highest BCUT2D eigenvalue weighted by Crippen LogP contribution is 2.41. The smallest absolute Gasteiger partial charge is 0.231 e. The van der Waals surface area contributed by atoms with Gasteiger partial charge in [-0.05, 0) is 55.0 Å². The molecule has 0 unspecified atom stereocenters. The fourth-order valence-corrected chi connectivity index (χ4v) is 4.59. The number of amides is 1. The van der Waals surface area contributed by atoms with Crippen LogP contribution in [0.4, 0.5) is 5.69 Å². The number of ether oxygens (including phenoxy) is 1. The monoisotopic (exact) mass is 353 g/mol. The lowest BCUT2D eigenvalue weighted by Gasteiger charge is -2.18. The summed E-state index contributed by atoms with van der Waals surface area (Å²) in [7, 11) is 0. The molecule has 0 aliphatic heterocycles. The number of thiophene rings is 1. The molecule has 0 saturated carbocycles. The van der Waals surface area contributed by atoms with Crippen molar-refractivity contribution in [3.8, 4) is 11.6 Å². The maximum absolute atomic E-state index is 11.1. The third-order valence-corrected chi connectivity index (χ3v) is 5.61. The summed E-state index contributed by atoms with van der Waals surface area (Å²) < 4.78 is 6.05. The van der Waals surface area contributed by atoms with E-state index in [1.165, 1.54) is 23.8 Å². The molecule has 1 atom stereocenters. The van der Waals surface area contributed by atoms with E-state index in [1.807, 2.05) is 24.3 Å². The molecule has 128 valence electrons. The zero-order chi connectivity index (χ0) is 17.4. The molecule has 1 aromatic carbocycles. The second-order valence-corrected chi connectivity index (χ2v) is 7.60. The van der Waals surface area contributed by atoms with Gasteiger partial charge in [0.25, 0.3) is 0 Å². The summed E-state index contributed by atoms with van der Waals surface area (Å²) in [6.07, 6.45) is 4.93. The van der Waals surface area contributed by atoms with Crippen LogP contribution in [-0.4, -0.2) is 15.9 Å². The van der Waals surface area contributed by atoms with Crippen LogP contribution in [0, 0.1) is 5.92 Å². The minimum absolute atomic E-state index is 0.0923. The van der Waals surface area contributed by atoms with E-state index in [4.69, 9.17) is 4.74 Å². The van der Waals surface area contributed by atoms with Crippen molar-refractivity contribution in [2.24, 2.45) is 5.92 Å². The maximum Gasteiger partial charge on any atom is 0.231 e. The minimum atomic E-state index is -0.0923. The average Bonchev–Trinajstić information content (AvgIpc) is 2.94. The number of aromatic nitrogens is 2. The van der Waals surface area contributed by atoms with Gasteiger partial charge in [-0.3, -0.25) is 4.79 Å². The average molecular weight is 353 g/mol. The maximum atomic E-state index is 11.1. The highest BCUT2D eigenvalue weighted by Gasteiger charge is 2.23. The van der Waals surface area contributed by atoms with Gasteiger partial charge in [0.1, 0.15) is 16.9 Å². The van der Waals surface area contributed by atoms with Crippen molar-refractivity contribution in [2.45, 2.75) is 33.1 Å². The van der Waals surface area contributed by atoms with Gasteiger partial charge in [-0.1, -0.05) is 6.92 Å². The number of nitrogens with one attached hydrogen (secondary N) is 1. The van der Waals surface area contributed by atoms with Gasteiger partial charge in [0.15, 0.2) is 0 Å². The number of hydrogen-bond donors (Lipinski definition) is 1. The molecule has 0 spiro atoms. The largest absolute Gasteiger partial charge is 0.438 e. The second-order valence-electron chi connectivity index (χ2n) is 6.52. The molecule has 1 aliphatic rings. The molecule has 1 amide bonds. The minimum Gasteiger partial charge on any atom is -0.438 e. The van der Waals surface area contributed by atoms with Crippen molar-refractivity contribution in [1.29, 1.82) is 0 Å². The summed E-state index contributed by atoms with van der Waals surface area (Å²) in [6.45, 7) is 3.79. The Bertz CT molecular complexity index is 934. The number of anilines is 1. The molecule has 5 nitrogen and oxygen atoms in total. The van der Waals surface area contributed by atoms with E-state index in [0.717, 1.165) is 34.7 Å². The molecule has 3 aromatic rings. The van der Waals surface area contributed by atoms with Crippen molar-refractivity contribution >= 4 is 33.1 Å². The van der Waals surface area contributed by atoms with Crippen LogP contribution in [0.5, 0.6) is 11.6 Å². The van der Waals surface area contributed by atoms with Crippen LogP contribution < -0.4 is 10.1 Å². The Hall–Kier alpha value is -2.47. The molecule has 2 heterocycles. The standard InChI is InChI=1S/C19H19N3O2S/c1-11-3-8-15-16(9-11)25-19-17(15)18(20-10-21-19)24-14-6-4-13(5-7-14)22-12(2)23/h4-7,10-11H,3,8-9H2,1-2H3,(H,22,23)/t11-/m0/s1. The van der Waals surface area contributed by atoms with Crippen LogP contribution in [0.15, 0.2) is 30.6 Å². The SMILES string of the molecule is CC(=O)Nc1ccc(Oc2ncnc3sc4c(c23)CC[C@H](C)C4)cc1. The fourth-order valence-electron chi connectivity index (χ4n) is 3.24. The number of benzene rings is 1. The zero-order valence-corrected chi connectivity index (χ0v) is 15.0.